The van der Waals surface area contributed by atoms with Gasteiger partial charge in [-0.3, -0.25) is 4.90 Å². The zero-order valence-corrected chi connectivity index (χ0v) is 16.0. The summed E-state index contributed by atoms with van der Waals surface area (Å²) in [6, 6.07) is 4.27. The van der Waals surface area contributed by atoms with E-state index in [1.54, 1.807) is 7.11 Å². The van der Waals surface area contributed by atoms with Crippen LogP contribution in [0.4, 0.5) is 0 Å². The van der Waals surface area contributed by atoms with Crippen molar-refractivity contribution in [3.8, 4) is 11.5 Å². The normalized spacial score (nSPS) is 42.3. The van der Waals surface area contributed by atoms with Gasteiger partial charge in [0.05, 0.1) is 24.2 Å². The molecule has 1 unspecified atom stereocenters. The highest BCUT2D eigenvalue weighted by atomic mass is 16.5. The van der Waals surface area contributed by atoms with Crippen molar-refractivity contribution < 1.29 is 19.7 Å². The second-order valence-electron chi connectivity index (χ2n) is 9.43. The van der Waals surface area contributed by atoms with Crippen LogP contribution < -0.4 is 9.47 Å². The van der Waals surface area contributed by atoms with E-state index in [1.807, 2.05) is 6.07 Å². The fourth-order valence-electron chi connectivity index (χ4n) is 6.98. The Morgan fingerprint density at radius 1 is 1.26 bits per heavy atom. The van der Waals surface area contributed by atoms with Crippen LogP contribution in [0.25, 0.3) is 0 Å². The van der Waals surface area contributed by atoms with Crippen LogP contribution in [0.15, 0.2) is 12.1 Å². The van der Waals surface area contributed by atoms with Gasteiger partial charge in [-0.05, 0) is 62.6 Å². The van der Waals surface area contributed by atoms with Crippen molar-refractivity contribution in [2.24, 2.45) is 5.92 Å². The molecule has 2 bridgehead atoms. The first-order chi connectivity index (χ1) is 13.1. The second kappa shape index (κ2) is 5.40. The van der Waals surface area contributed by atoms with Gasteiger partial charge >= 0.3 is 0 Å². The summed E-state index contributed by atoms with van der Waals surface area (Å²) in [4.78, 5) is 2.56. The minimum Gasteiger partial charge on any atom is -0.493 e. The van der Waals surface area contributed by atoms with E-state index in [4.69, 9.17) is 9.47 Å². The summed E-state index contributed by atoms with van der Waals surface area (Å²) in [6.45, 7) is 2.08. The molecule has 0 radical (unpaired) electrons. The van der Waals surface area contributed by atoms with E-state index in [0.717, 1.165) is 48.9 Å². The highest BCUT2D eigenvalue weighted by Crippen LogP contribution is 2.65. The zero-order chi connectivity index (χ0) is 18.4. The number of nitrogens with zero attached hydrogens (tertiary/aromatic N) is 1. The van der Waals surface area contributed by atoms with Gasteiger partial charge in [0.2, 0.25) is 0 Å². The molecule has 3 aliphatic carbocycles. The molecule has 0 amide bonds. The Labute approximate surface area is 160 Å². The first-order valence-electron chi connectivity index (χ1n) is 10.6. The van der Waals surface area contributed by atoms with Gasteiger partial charge in [-0.25, -0.2) is 0 Å². The molecule has 27 heavy (non-hydrogen) atoms. The highest BCUT2D eigenvalue weighted by molar-refractivity contribution is 5.62. The molecule has 2 saturated carbocycles. The van der Waals surface area contributed by atoms with Crippen LogP contribution in [0.3, 0.4) is 0 Å². The fraction of sp³-hybridized carbons (Fsp3) is 0.727. The third-order valence-corrected chi connectivity index (χ3v) is 8.46. The quantitative estimate of drug-likeness (QED) is 0.851. The van der Waals surface area contributed by atoms with Crippen molar-refractivity contribution in [1.29, 1.82) is 0 Å². The number of benzene rings is 1. The first-order valence-corrected chi connectivity index (χ1v) is 10.6. The van der Waals surface area contributed by atoms with Crippen LogP contribution in [0, 0.1) is 5.92 Å². The van der Waals surface area contributed by atoms with Gasteiger partial charge in [0.1, 0.15) is 6.10 Å². The Balaban J connectivity index is 1.52. The lowest BCUT2D eigenvalue weighted by atomic mass is 9.48. The van der Waals surface area contributed by atoms with E-state index < -0.39 is 17.1 Å². The number of likely N-dealkylation sites (tertiary alicyclic amines) is 1. The van der Waals surface area contributed by atoms with E-state index in [-0.39, 0.29) is 12.1 Å². The Bertz CT molecular complexity index is 793. The monoisotopic (exact) mass is 371 g/mol. The van der Waals surface area contributed by atoms with Crippen LogP contribution in [-0.4, -0.2) is 59.2 Å². The van der Waals surface area contributed by atoms with E-state index in [2.05, 4.69) is 11.0 Å². The molecule has 0 aromatic heterocycles. The van der Waals surface area contributed by atoms with Crippen molar-refractivity contribution in [3.05, 3.63) is 23.3 Å². The largest absolute Gasteiger partial charge is 0.493 e. The Hall–Kier alpha value is -1.30. The Morgan fingerprint density at radius 2 is 2.11 bits per heavy atom. The fourth-order valence-corrected chi connectivity index (χ4v) is 6.98. The van der Waals surface area contributed by atoms with Crippen LogP contribution >= 0.6 is 0 Å². The third kappa shape index (κ3) is 1.86. The van der Waals surface area contributed by atoms with E-state index in [9.17, 15) is 10.2 Å². The molecule has 5 heteroatoms. The molecule has 5 nitrogen and oxygen atoms in total. The molecular formula is C22H29NO4. The van der Waals surface area contributed by atoms with E-state index >= 15 is 0 Å². The number of rotatable bonds is 3. The van der Waals surface area contributed by atoms with E-state index in [1.165, 1.54) is 24.8 Å². The van der Waals surface area contributed by atoms with Gasteiger partial charge in [-0.15, -0.1) is 0 Å². The lowest BCUT2D eigenvalue weighted by Gasteiger charge is -2.64. The van der Waals surface area contributed by atoms with Gasteiger partial charge in [-0.1, -0.05) is 12.5 Å². The van der Waals surface area contributed by atoms with Crippen molar-refractivity contribution in [2.45, 2.75) is 74.2 Å². The summed E-state index contributed by atoms with van der Waals surface area (Å²) < 4.78 is 12.0. The second-order valence-corrected chi connectivity index (χ2v) is 9.43. The van der Waals surface area contributed by atoms with Gasteiger partial charge in [0.15, 0.2) is 11.5 Å². The summed E-state index contributed by atoms with van der Waals surface area (Å²) in [5.74, 6) is 2.29. The average molecular weight is 371 g/mol. The molecule has 1 saturated heterocycles. The minimum atomic E-state index is -0.830. The van der Waals surface area contributed by atoms with Crippen molar-refractivity contribution in [2.75, 3.05) is 20.2 Å². The van der Waals surface area contributed by atoms with Crippen molar-refractivity contribution >= 4 is 0 Å². The molecule has 5 aliphatic rings. The standard InChI is InChI=1S/C22H29NO4/c1-26-16-6-5-14-11-17-22(25)8-7-15(24)20-21(22,18(14)19(16)27-20)9-10-23(17)12-13-3-2-4-13/h5-6,13,15,17,20,24-25H,2-4,7-12H2,1H3/t15?,17-,20+,21+,22-/m0/s1. The average Bonchev–Trinajstić information content (AvgIpc) is 2.98. The van der Waals surface area contributed by atoms with Crippen LogP contribution in [0.1, 0.15) is 49.7 Å². The lowest BCUT2D eigenvalue weighted by Crippen LogP contribution is -2.77. The molecule has 146 valence electrons. The predicted molar refractivity (Wildman–Crippen MR) is 100 cm³/mol. The van der Waals surface area contributed by atoms with Crippen LogP contribution in [0.2, 0.25) is 0 Å². The minimum absolute atomic E-state index is 0.122. The summed E-state index contributed by atoms with van der Waals surface area (Å²) in [5, 5.41) is 23.0. The van der Waals surface area contributed by atoms with Crippen molar-refractivity contribution in [1.82, 2.24) is 4.90 Å². The molecule has 2 heterocycles. The number of aliphatic hydroxyl groups is 2. The zero-order valence-electron chi connectivity index (χ0n) is 16.0. The molecule has 5 atom stereocenters. The maximum Gasteiger partial charge on any atom is 0.166 e. The SMILES string of the molecule is COc1ccc2c3c1O[C@@H]1C(O)CC[C@]4(O)[C@H](C2)N(CC2CCC2)CC[C@@]314. The molecule has 1 aromatic carbocycles. The van der Waals surface area contributed by atoms with E-state index in [0.29, 0.717) is 12.8 Å². The molecular weight excluding hydrogens is 342 g/mol. The van der Waals surface area contributed by atoms with Gasteiger partial charge < -0.3 is 19.7 Å². The number of hydrogen-bond donors (Lipinski definition) is 2. The molecule has 3 fully saturated rings. The van der Waals surface area contributed by atoms with Gasteiger partial charge in [-0.2, -0.15) is 0 Å². The number of ether oxygens (including phenoxy) is 2. The number of piperidine rings is 1. The third-order valence-electron chi connectivity index (χ3n) is 8.46. The number of hydrogen-bond acceptors (Lipinski definition) is 5. The summed E-state index contributed by atoms with van der Waals surface area (Å²) >= 11 is 0. The van der Waals surface area contributed by atoms with Gasteiger partial charge in [0, 0.05) is 18.2 Å². The van der Waals surface area contributed by atoms with Gasteiger partial charge in [0.25, 0.3) is 0 Å². The molecule has 1 aromatic rings. The maximum atomic E-state index is 12.2. The van der Waals surface area contributed by atoms with Crippen LogP contribution in [0.5, 0.6) is 11.5 Å². The highest BCUT2D eigenvalue weighted by Gasteiger charge is 2.72. The number of aliphatic hydroxyl groups excluding tert-OH is 1. The Kier molecular flexibility index (Phi) is 3.33. The lowest BCUT2D eigenvalue weighted by molar-refractivity contribution is -0.209. The summed E-state index contributed by atoms with van der Waals surface area (Å²) in [6.07, 6.45) is 6.07. The molecule has 6 rings (SSSR count). The maximum absolute atomic E-state index is 12.2. The molecule has 1 spiro atoms. The number of methoxy groups -OCH3 is 1. The molecule has 2 aliphatic heterocycles. The smallest absolute Gasteiger partial charge is 0.166 e. The van der Waals surface area contributed by atoms with Crippen LogP contribution in [-0.2, 0) is 11.8 Å². The summed E-state index contributed by atoms with van der Waals surface area (Å²) in [7, 11) is 1.66. The topological polar surface area (TPSA) is 62.2 Å². The molecule has 2 N–H and O–H groups in total. The predicted octanol–water partition coefficient (Wildman–Crippen LogP) is 2.01. The first kappa shape index (κ1) is 16.6. The van der Waals surface area contributed by atoms with Crippen molar-refractivity contribution in [3.63, 3.8) is 0 Å². The summed E-state index contributed by atoms with van der Waals surface area (Å²) in [5.41, 5.74) is 1.08. The Morgan fingerprint density at radius 3 is 2.85 bits per heavy atom.